The molecule has 0 aliphatic carbocycles. The van der Waals surface area contributed by atoms with Crippen LogP contribution in [0.5, 0.6) is 0 Å². The van der Waals surface area contributed by atoms with Crippen LogP contribution in [-0.2, 0) is 11.3 Å². The van der Waals surface area contributed by atoms with Crippen molar-refractivity contribution >= 4 is 21.8 Å². The average Bonchev–Trinajstić information content (AvgIpc) is 2.28. The third kappa shape index (κ3) is 3.80. The summed E-state index contributed by atoms with van der Waals surface area (Å²) in [5.41, 5.74) is 0.0854. The van der Waals surface area contributed by atoms with Gasteiger partial charge in [0.1, 0.15) is 5.82 Å². The van der Waals surface area contributed by atoms with Gasteiger partial charge in [-0.15, -0.1) is 0 Å². The van der Waals surface area contributed by atoms with Crippen molar-refractivity contribution in [3.8, 4) is 0 Å². The first kappa shape index (κ1) is 15.2. The molecule has 1 aromatic carbocycles. The van der Waals surface area contributed by atoms with Crippen LogP contribution in [0.3, 0.4) is 0 Å². The molecular formula is C14H19BrFNO. The maximum absolute atomic E-state index is 13.7. The second-order valence-electron chi connectivity index (χ2n) is 5.31. The molecule has 1 rings (SSSR count). The minimum absolute atomic E-state index is 0.0318. The molecule has 0 N–H and O–H groups in total. The fourth-order valence-corrected chi connectivity index (χ4v) is 2.08. The zero-order valence-electron chi connectivity index (χ0n) is 11.3. The Balaban J connectivity index is 2.93. The van der Waals surface area contributed by atoms with Crippen LogP contribution in [0, 0.1) is 11.2 Å². The van der Waals surface area contributed by atoms with Crippen LogP contribution in [-0.4, -0.2) is 17.4 Å². The fourth-order valence-electron chi connectivity index (χ4n) is 1.67. The molecule has 2 nitrogen and oxygen atoms in total. The SMILES string of the molecule is CCN(Cc1cc(Br)ccc1F)C(=O)C(C)(C)C. The van der Waals surface area contributed by atoms with E-state index in [1.54, 1.807) is 17.0 Å². The quantitative estimate of drug-likeness (QED) is 0.826. The molecule has 0 saturated carbocycles. The van der Waals surface area contributed by atoms with Gasteiger partial charge in [-0.3, -0.25) is 4.79 Å². The summed E-state index contributed by atoms with van der Waals surface area (Å²) < 4.78 is 14.5. The third-order valence-electron chi connectivity index (χ3n) is 2.68. The smallest absolute Gasteiger partial charge is 0.228 e. The minimum atomic E-state index is -0.446. The van der Waals surface area contributed by atoms with Gasteiger partial charge >= 0.3 is 0 Å². The zero-order valence-corrected chi connectivity index (χ0v) is 12.8. The van der Waals surface area contributed by atoms with Crippen molar-refractivity contribution in [1.82, 2.24) is 4.90 Å². The number of benzene rings is 1. The molecule has 0 unspecified atom stereocenters. The van der Waals surface area contributed by atoms with E-state index in [0.29, 0.717) is 18.7 Å². The second kappa shape index (κ2) is 5.83. The highest BCUT2D eigenvalue weighted by molar-refractivity contribution is 9.10. The monoisotopic (exact) mass is 315 g/mol. The Hall–Kier alpha value is -0.900. The van der Waals surface area contributed by atoms with Gasteiger partial charge < -0.3 is 4.90 Å². The molecule has 0 saturated heterocycles. The lowest BCUT2D eigenvalue weighted by molar-refractivity contribution is -0.139. The Bertz CT molecular complexity index is 440. The van der Waals surface area contributed by atoms with E-state index in [1.165, 1.54) is 6.07 Å². The van der Waals surface area contributed by atoms with Crippen LogP contribution >= 0.6 is 15.9 Å². The van der Waals surface area contributed by atoms with Gasteiger partial charge in [0.2, 0.25) is 5.91 Å². The molecule has 0 aliphatic heterocycles. The van der Waals surface area contributed by atoms with Crippen LogP contribution in [0.1, 0.15) is 33.3 Å². The number of hydrogen-bond donors (Lipinski definition) is 0. The second-order valence-corrected chi connectivity index (χ2v) is 6.22. The molecule has 0 aromatic heterocycles. The molecule has 0 bridgehead atoms. The summed E-state index contributed by atoms with van der Waals surface area (Å²) >= 11 is 3.31. The number of carbonyl (C=O) groups is 1. The standard InChI is InChI=1S/C14H19BrFNO/c1-5-17(13(18)14(2,3)4)9-10-8-11(15)6-7-12(10)16/h6-8H,5,9H2,1-4H3. The zero-order chi connectivity index (χ0) is 13.9. The van der Waals surface area contributed by atoms with Gasteiger partial charge in [0, 0.05) is 28.5 Å². The van der Waals surface area contributed by atoms with E-state index in [-0.39, 0.29) is 11.7 Å². The molecule has 0 atom stereocenters. The summed E-state index contributed by atoms with van der Waals surface area (Å²) in [4.78, 5) is 13.9. The highest BCUT2D eigenvalue weighted by Gasteiger charge is 2.26. The molecular weight excluding hydrogens is 297 g/mol. The molecule has 0 heterocycles. The normalized spacial score (nSPS) is 11.4. The lowest BCUT2D eigenvalue weighted by atomic mass is 9.94. The first-order valence-corrected chi connectivity index (χ1v) is 6.78. The number of amides is 1. The van der Waals surface area contributed by atoms with Crippen molar-refractivity contribution in [1.29, 1.82) is 0 Å². The van der Waals surface area contributed by atoms with Crippen molar-refractivity contribution in [2.45, 2.75) is 34.2 Å². The van der Waals surface area contributed by atoms with E-state index >= 15 is 0 Å². The molecule has 100 valence electrons. The van der Waals surface area contributed by atoms with Gasteiger partial charge in [-0.25, -0.2) is 4.39 Å². The topological polar surface area (TPSA) is 20.3 Å². The largest absolute Gasteiger partial charge is 0.338 e. The van der Waals surface area contributed by atoms with Gasteiger partial charge in [0.25, 0.3) is 0 Å². The number of hydrogen-bond acceptors (Lipinski definition) is 1. The maximum atomic E-state index is 13.7. The molecule has 1 amide bonds. The molecule has 0 aliphatic rings. The van der Waals surface area contributed by atoms with Gasteiger partial charge in [-0.2, -0.15) is 0 Å². The molecule has 18 heavy (non-hydrogen) atoms. The highest BCUT2D eigenvalue weighted by atomic mass is 79.9. The number of rotatable bonds is 3. The lowest BCUT2D eigenvalue weighted by Gasteiger charge is -2.28. The average molecular weight is 316 g/mol. The Morgan fingerprint density at radius 2 is 2.00 bits per heavy atom. The Kier molecular flexibility index (Phi) is 4.91. The molecule has 4 heteroatoms. The fraction of sp³-hybridized carbons (Fsp3) is 0.500. The summed E-state index contributed by atoms with van der Waals surface area (Å²) in [5, 5.41) is 0. The van der Waals surface area contributed by atoms with Crippen molar-refractivity contribution in [2.24, 2.45) is 5.41 Å². The van der Waals surface area contributed by atoms with E-state index in [2.05, 4.69) is 15.9 Å². The molecule has 0 spiro atoms. The van der Waals surface area contributed by atoms with Crippen LogP contribution in [0.15, 0.2) is 22.7 Å². The predicted molar refractivity (Wildman–Crippen MR) is 74.6 cm³/mol. The number of halogens is 2. The van der Waals surface area contributed by atoms with E-state index in [0.717, 1.165) is 4.47 Å². The Morgan fingerprint density at radius 3 is 2.50 bits per heavy atom. The number of carbonyl (C=O) groups excluding carboxylic acids is 1. The Labute approximate surface area is 116 Å². The number of nitrogens with zero attached hydrogens (tertiary/aromatic N) is 1. The minimum Gasteiger partial charge on any atom is -0.338 e. The summed E-state index contributed by atoms with van der Waals surface area (Å²) in [6.45, 7) is 8.39. The Morgan fingerprint density at radius 1 is 1.39 bits per heavy atom. The van der Waals surface area contributed by atoms with Crippen LogP contribution in [0.25, 0.3) is 0 Å². The molecule has 1 aromatic rings. The van der Waals surface area contributed by atoms with E-state index in [4.69, 9.17) is 0 Å². The van der Waals surface area contributed by atoms with Crippen molar-refractivity contribution in [3.05, 3.63) is 34.1 Å². The van der Waals surface area contributed by atoms with Crippen molar-refractivity contribution < 1.29 is 9.18 Å². The van der Waals surface area contributed by atoms with Gasteiger partial charge in [-0.05, 0) is 25.1 Å². The summed E-state index contributed by atoms with van der Waals surface area (Å²) in [5.74, 6) is -0.247. The summed E-state index contributed by atoms with van der Waals surface area (Å²) in [7, 11) is 0. The predicted octanol–water partition coefficient (Wildman–Crippen LogP) is 3.98. The lowest BCUT2D eigenvalue weighted by Crippen LogP contribution is -2.39. The first-order chi connectivity index (χ1) is 8.25. The molecule has 0 radical (unpaired) electrons. The van der Waals surface area contributed by atoms with Gasteiger partial charge in [0.15, 0.2) is 0 Å². The van der Waals surface area contributed by atoms with Crippen LogP contribution in [0.2, 0.25) is 0 Å². The van der Waals surface area contributed by atoms with Crippen LogP contribution < -0.4 is 0 Å². The van der Waals surface area contributed by atoms with E-state index in [9.17, 15) is 9.18 Å². The highest BCUT2D eigenvalue weighted by Crippen LogP contribution is 2.21. The van der Waals surface area contributed by atoms with Gasteiger partial charge in [-0.1, -0.05) is 36.7 Å². The molecule has 0 fully saturated rings. The maximum Gasteiger partial charge on any atom is 0.228 e. The van der Waals surface area contributed by atoms with E-state index < -0.39 is 5.41 Å². The summed E-state index contributed by atoms with van der Waals surface area (Å²) in [6.07, 6.45) is 0. The van der Waals surface area contributed by atoms with Crippen molar-refractivity contribution in [3.63, 3.8) is 0 Å². The van der Waals surface area contributed by atoms with E-state index in [1.807, 2.05) is 27.7 Å². The third-order valence-corrected chi connectivity index (χ3v) is 3.17. The van der Waals surface area contributed by atoms with Crippen molar-refractivity contribution in [2.75, 3.05) is 6.54 Å². The van der Waals surface area contributed by atoms with Gasteiger partial charge in [0.05, 0.1) is 0 Å². The van der Waals surface area contributed by atoms with Crippen LogP contribution in [0.4, 0.5) is 4.39 Å². The summed E-state index contributed by atoms with van der Waals surface area (Å²) in [6, 6.07) is 4.78. The first-order valence-electron chi connectivity index (χ1n) is 5.99.